The first-order valence-electron chi connectivity index (χ1n) is 6.95. The van der Waals surface area contributed by atoms with Crippen LogP contribution < -0.4 is 0 Å². The number of ketones is 2. The van der Waals surface area contributed by atoms with Gasteiger partial charge in [0.15, 0.2) is 0 Å². The van der Waals surface area contributed by atoms with E-state index in [1.807, 2.05) is 37.3 Å². The number of aliphatic hydroxyl groups excluding tert-OH is 1. The van der Waals surface area contributed by atoms with Gasteiger partial charge >= 0.3 is 0 Å². The summed E-state index contributed by atoms with van der Waals surface area (Å²) in [7, 11) is 0. The van der Waals surface area contributed by atoms with Crippen molar-refractivity contribution in [3.8, 4) is 0 Å². The minimum atomic E-state index is -1.25. The molecular weight excluding hydrogens is 264 g/mol. The monoisotopic (exact) mass is 282 g/mol. The van der Waals surface area contributed by atoms with Crippen LogP contribution in [0.3, 0.4) is 0 Å². The lowest BCUT2D eigenvalue weighted by molar-refractivity contribution is -0.122. The van der Waals surface area contributed by atoms with E-state index < -0.39 is 17.7 Å². The van der Waals surface area contributed by atoms with Crippen LogP contribution in [0.25, 0.3) is 0 Å². The molecule has 1 atom stereocenters. The van der Waals surface area contributed by atoms with E-state index in [4.69, 9.17) is 0 Å². The largest absolute Gasteiger partial charge is 0.385 e. The molecule has 0 saturated heterocycles. The van der Waals surface area contributed by atoms with Crippen molar-refractivity contribution in [2.24, 2.45) is 0 Å². The quantitative estimate of drug-likeness (QED) is 0.654. The summed E-state index contributed by atoms with van der Waals surface area (Å²) in [6, 6.07) is 16.3. The SMILES string of the molecule is Cc1ccc(C(=O)C(=O)C(O)CCc2ccccc2)cc1. The van der Waals surface area contributed by atoms with Crippen molar-refractivity contribution < 1.29 is 14.7 Å². The number of carbonyl (C=O) groups excluding carboxylic acids is 2. The lowest BCUT2D eigenvalue weighted by Gasteiger charge is -2.09. The van der Waals surface area contributed by atoms with Crippen LogP contribution in [0, 0.1) is 6.92 Å². The average Bonchev–Trinajstić information content (AvgIpc) is 2.53. The van der Waals surface area contributed by atoms with E-state index >= 15 is 0 Å². The summed E-state index contributed by atoms with van der Waals surface area (Å²) in [5.74, 6) is -1.37. The van der Waals surface area contributed by atoms with Gasteiger partial charge in [-0.15, -0.1) is 0 Å². The standard InChI is InChI=1S/C18H18O3/c1-13-7-10-15(11-8-13)17(20)18(21)16(19)12-9-14-5-3-2-4-6-14/h2-8,10-11,16,19H,9,12H2,1H3. The normalized spacial score (nSPS) is 11.9. The zero-order valence-corrected chi connectivity index (χ0v) is 12.0. The topological polar surface area (TPSA) is 54.4 Å². The third kappa shape index (κ3) is 4.10. The van der Waals surface area contributed by atoms with Crippen LogP contribution in [-0.4, -0.2) is 22.8 Å². The smallest absolute Gasteiger partial charge is 0.231 e. The molecule has 2 aromatic rings. The Morgan fingerprint density at radius 1 is 1.00 bits per heavy atom. The van der Waals surface area contributed by atoms with Gasteiger partial charge in [-0.1, -0.05) is 60.2 Å². The zero-order valence-electron chi connectivity index (χ0n) is 12.0. The molecular formula is C18H18O3. The number of Topliss-reactive ketones (excluding diaryl/α,β-unsaturated/α-hetero) is 2. The number of aryl methyl sites for hydroxylation is 2. The second-order valence-corrected chi connectivity index (χ2v) is 5.10. The molecule has 0 aliphatic carbocycles. The van der Waals surface area contributed by atoms with Gasteiger partial charge in [-0.05, 0) is 25.3 Å². The highest BCUT2D eigenvalue weighted by Gasteiger charge is 2.23. The van der Waals surface area contributed by atoms with Gasteiger partial charge in [0.2, 0.25) is 11.6 Å². The van der Waals surface area contributed by atoms with Crippen LogP contribution in [0.1, 0.15) is 27.9 Å². The van der Waals surface area contributed by atoms with Crippen LogP contribution in [0.5, 0.6) is 0 Å². The van der Waals surface area contributed by atoms with E-state index in [1.165, 1.54) is 0 Å². The maximum atomic E-state index is 12.0. The van der Waals surface area contributed by atoms with Crippen molar-refractivity contribution in [1.82, 2.24) is 0 Å². The predicted molar refractivity (Wildman–Crippen MR) is 81.3 cm³/mol. The Morgan fingerprint density at radius 2 is 1.62 bits per heavy atom. The molecule has 1 unspecified atom stereocenters. The summed E-state index contributed by atoms with van der Waals surface area (Å²) in [5, 5.41) is 9.89. The summed E-state index contributed by atoms with van der Waals surface area (Å²) < 4.78 is 0. The molecule has 0 spiro atoms. The molecule has 0 radical (unpaired) electrons. The van der Waals surface area contributed by atoms with E-state index in [0.717, 1.165) is 11.1 Å². The Morgan fingerprint density at radius 3 is 2.24 bits per heavy atom. The third-order valence-corrected chi connectivity index (χ3v) is 3.39. The van der Waals surface area contributed by atoms with Gasteiger partial charge in [0.1, 0.15) is 6.10 Å². The fraction of sp³-hybridized carbons (Fsp3) is 0.222. The molecule has 3 heteroatoms. The average molecular weight is 282 g/mol. The first-order valence-corrected chi connectivity index (χ1v) is 6.95. The fourth-order valence-corrected chi connectivity index (χ4v) is 2.08. The van der Waals surface area contributed by atoms with Crippen molar-refractivity contribution in [2.45, 2.75) is 25.9 Å². The lowest BCUT2D eigenvalue weighted by Crippen LogP contribution is -2.29. The van der Waals surface area contributed by atoms with Crippen molar-refractivity contribution >= 4 is 11.6 Å². The van der Waals surface area contributed by atoms with Crippen LogP contribution in [0.2, 0.25) is 0 Å². The molecule has 0 aliphatic rings. The highest BCUT2D eigenvalue weighted by atomic mass is 16.3. The number of aliphatic hydroxyl groups is 1. The third-order valence-electron chi connectivity index (χ3n) is 3.39. The van der Waals surface area contributed by atoms with E-state index in [9.17, 15) is 14.7 Å². The molecule has 0 aromatic heterocycles. The van der Waals surface area contributed by atoms with Gasteiger partial charge in [-0.25, -0.2) is 0 Å². The minimum absolute atomic E-state index is 0.250. The molecule has 0 saturated carbocycles. The van der Waals surface area contributed by atoms with E-state index in [2.05, 4.69) is 0 Å². The Balaban J connectivity index is 1.95. The van der Waals surface area contributed by atoms with Crippen molar-refractivity contribution in [1.29, 1.82) is 0 Å². The highest BCUT2D eigenvalue weighted by Crippen LogP contribution is 2.10. The second-order valence-electron chi connectivity index (χ2n) is 5.10. The first-order chi connectivity index (χ1) is 10.1. The molecule has 0 fully saturated rings. The second kappa shape index (κ2) is 6.95. The van der Waals surface area contributed by atoms with Crippen LogP contribution >= 0.6 is 0 Å². The molecule has 0 aliphatic heterocycles. The summed E-state index contributed by atoms with van der Waals surface area (Å²) >= 11 is 0. The molecule has 2 rings (SSSR count). The Hall–Kier alpha value is -2.26. The van der Waals surface area contributed by atoms with Gasteiger partial charge in [-0.3, -0.25) is 9.59 Å². The molecule has 0 bridgehead atoms. The number of hydrogen-bond acceptors (Lipinski definition) is 3. The van der Waals surface area contributed by atoms with Gasteiger partial charge in [0, 0.05) is 5.56 Å². The van der Waals surface area contributed by atoms with Crippen molar-refractivity contribution in [3.05, 3.63) is 71.3 Å². The Labute approximate surface area is 124 Å². The Kier molecular flexibility index (Phi) is 5.01. The van der Waals surface area contributed by atoms with E-state index in [-0.39, 0.29) is 6.42 Å². The summed E-state index contributed by atoms with van der Waals surface area (Å²) in [4.78, 5) is 23.9. The molecule has 1 N–H and O–H groups in total. The number of hydrogen-bond donors (Lipinski definition) is 1. The maximum absolute atomic E-state index is 12.0. The van der Waals surface area contributed by atoms with E-state index in [0.29, 0.717) is 12.0 Å². The molecule has 21 heavy (non-hydrogen) atoms. The van der Waals surface area contributed by atoms with Gasteiger partial charge < -0.3 is 5.11 Å². The summed E-state index contributed by atoms with van der Waals surface area (Å²) in [5.41, 5.74) is 2.38. The van der Waals surface area contributed by atoms with Gasteiger partial charge in [0.25, 0.3) is 0 Å². The Bertz CT molecular complexity index is 615. The van der Waals surface area contributed by atoms with Gasteiger partial charge in [0.05, 0.1) is 0 Å². The number of carbonyl (C=O) groups is 2. The first kappa shape index (κ1) is 15.1. The predicted octanol–water partition coefficient (Wildman–Crippen LogP) is 2.74. The van der Waals surface area contributed by atoms with Crippen molar-refractivity contribution in [3.63, 3.8) is 0 Å². The van der Waals surface area contributed by atoms with E-state index in [1.54, 1.807) is 24.3 Å². The van der Waals surface area contributed by atoms with Gasteiger partial charge in [-0.2, -0.15) is 0 Å². The summed E-state index contributed by atoms with van der Waals surface area (Å²) in [6.07, 6.45) is -0.436. The highest BCUT2D eigenvalue weighted by molar-refractivity contribution is 6.45. The molecule has 3 nitrogen and oxygen atoms in total. The number of rotatable bonds is 6. The van der Waals surface area contributed by atoms with Crippen LogP contribution in [0.15, 0.2) is 54.6 Å². The molecule has 2 aromatic carbocycles. The fourth-order valence-electron chi connectivity index (χ4n) is 2.08. The maximum Gasteiger partial charge on any atom is 0.231 e. The summed E-state index contributed by atoms with van der Waals surface area (Å²) in [6.45, 7) is 1.91. The molecule has 0 heterocycles. The lowest BCUT2D eigenvalue weighted by atomic mass is 9.98. The number of benzene rings is 2. The molecule has 108 valence electrons. The molecule has 0 amide bonds. The zero-order chi connectivity index (χ0) is 15.2. The van der Waals surface area contributed by atoms with Crippen LogP contribution in [0.4, 0.5) is 0 Å². The minimum Gasteiger partial charge on any atom is -0.385 e. The van der Waals surface area contributed by atoms with Crippen LogP contribution in [-0.2, 0) is 11.2 Å². The van der Waals surface area contributed by atoms with Crippen molar-refractivity contribution in [2.75, 3.05) is 0 Å².